The molecule has 18 heavy (non-hydrogen) atoms. The lowest BCUT2D eigenvalue weighted by atomic mass is 10.1. The molecule has 0 saturated heterocycles. The molecule has 0 spiro atoms. The van der Waals surface area contributed by atoms with Gasteiger partial charge in [0.2, 0.25) is 0 Å². The molecule has 4 heteroatoms. The largest absolute Gasteiger partial charge is 0.306 e. The summed E-state index contributed by atoms with van der Waals surface area (Å²) in [6, 6.07) is 9.60. The Hall–Kier alpha value is -1.09. The highest BCUT2D eigenvalue weighted by Crippen LogP contribution is 2.26. The number of benzene rings is 1. The van der Waals surface area contributed by atoms with Gasteiger partial charge in [-0.1, -0.05) is 29.3 Å². The van der Waals surface area contributed by atoms with Gasteiger partial charge in [0.05, 0.1) is 0 Å². The lowest BCUT2D eigenvalue weighted by molar-refractivity contribution is 0.574. The summed E-state index contributed by atoms with van der Waals surface area (Å²) in [6.45, 7) is 2.81. The first-order valence-corrected chi connectivity index (χ1v) is 6.49. The average Bonchev–Trinajstić information content (AvgIpc) is 2.40. The fourth-order valence-electron chi connectivity index (χ4n) is 1.73. The maximum absolute atomic E-state index is 6.16. The highest BCUT2D eigenvalue weighted by Gasteiger charge is 2.09. The summed E-state index contributed by atoms with van der Waals surface area (Å²) in [5.41, 5.74) is 2.15. The van der Waals surface area contributed by atoms with Gasteiger partial charge < -0.3 is 5.32 Å². The van der Waals surface area contributed by atoms with Crippen molar-refractivity contribution < 1.29 is 0 Å². The second-order valence-electron chi connectivity index (χ2n) is 4.13. The van der Waals surface area contributed by atoms with Crippen molar-refractivity contribution in [3.63, 3.8) is 0 Å². The van der Waals surface area contributed by atoms with Gasteiger partial charge in [-0.25, -0.2) is 0 Å². The van der Waals surface area contributed by atoms with Crippen molar-refractivity contribution in [2.24, 2.45) is 0 Å². The van der Waals surface area contributed by atoms with Crippen LogP contribution in [0.25, 0.3) is 0 Å². The van der Waals surface area contributed by atoms with E-state index in [0.717, 1.165) is 22.7 Å². The molecule has 1 N–H and O–H groups in total. The smallest absolute Gasteiger partial charge is 0.0454 e. The van der Waals surface area contributed by atoms with E-state index in [1.165, 1.54) is 0 Å². The topological polar surface area (TPSA) is 24.9 Å². The third-order valence-corrected chi connectivity index (χ3v) is 3.34. The maximum atomic E-state index is 6.16. The molecule has 1 unspecified atom stereocenters. The monoisotopic (exact) mass is 280 g/mol. The van der Waals surface area contributed by atoms with Crippen LogP contribution in [0.4, 0.5) is 0 Å². The Morgan fingerprint density at radius 1 is 1.28 bits per heavy atom. The van der Waals surface area contributed by atoms with E-state index in [9.17, 15) is 0 Å². The highest BCUT2D eigenvalue weighted by atomic mass is 35.5. The number of nitrogens with one attached hydrogen (secondary N) is 1. The van der Waals surface area contributed by atoms with Gasteiger partial charge in [0, 0.05) is 35.0 Å². The number of aromatic nitrogens is 1. The van der Waals surface area contributed by atoms with Gasteiger partial charge >= 0.3 is 0 Å². The number of nitrogens with zero attached hydrogens (tertiary/aromatic N) is 1. The summed E-state index contributed by atoms with van der Waals surface area (Å²) in [5, 5.41) is 4.83. The molecule has 1 aromatic heterocycles. The molecule has 0 amide bonds. The summed E-state index contributed by atoms with van der Waals surface area (Å²) < 4.78 is 0. The average molecular weight is 281 g/mol. The predicted octanol–water partition coefficient (Wildman–Crippen LogP) is 4.24. The predicted molar refractivity (Wildman–Crippen MR) is 76.0 cm³/mol. The molecule has 1 atom stereocenters. The zero-order valence-corrected chi connectivity index (χ0v) is 11.5. The number of pyridine rings is 1. The van der Waals surface area contributed by atoms with E-state index in [1.807, 2.05) is 30.5 Å². The van der Waals surface area contributed by atoms with Gasteiger partial charge in [-0.2, -0.15) is 0 Å². The first-order valence-electron chi connectivity index (χ1n) is 5.74. The van der Waals surface area contributed by atoms with Crippen LogP contribution in [-0.4, -0.2) is 4.98 Å². The zero-order chi connectivity index (χ0) is 13.0. The number of hydrogen-bond acceptors (Lipinski definition) is 2. The minimum Gasteiger partial charge on any atom is -0.306 e. The van der Waals surface area contributed by atoms with E-state index >= 15 is 0 Å². The quantitative estimate of drug-likeness (QED) is 0.906. The second kappa shape index (κ2) is 6.19. The minimum absolute atomic E-state index is 0.136. The summed E-state index contributed by atoms with van der Waals surface area (Å²) >= 11 is 12.1. The Bertz CT molecular complexity index is 514. The number of halogens is 2. The van der Waals surface area contributed by atoms with E-state index in [1.54, 1.807) is 12.3 Å². The molecule has 1 aromatic carbocycles. The molecule has 1 heterocycles. The first-order chi connectivity index (χ1) is 8.66. The van der Waals surface area contributed by atoms with Crippen LogP contribution in [0.5, 0.6) is 0 Å². The van der Waals surface area contributed by atoms with Crippen LogP contribution >= 0.6 is 23.2 Å². The van der Waals surface area contributed by atoms with Crippen molar-refractivity contribution in [1.29, 1.82) is 0 Å². The van der Waals surface area contributed by atoms with Gasteiger partial charge in [0.25, 0.3) is 0 Å². The van der Waals surface area contributed by atoms with Crippen LogP contribution in [0.2, 0.25) is 10.0 Å². The fourth-order valence-corrected chi connectivity index (χ4v) is 2.19. The summed E-state index contributed by atoms with van der Waals surface area (Å²) in [6.07, 6.45) is 3.61. The molecule has 2 nitrogen and oxygen atoms in total. The van der Waals surface area contributed by atoms with Crippen molar-refractivity contribution in [1.82, 2.24) is 10.3 Å². The minimum atomic E-state index is 0.136. The van der Waals surface area contributed by atoms with Crippen LogP contribution in [0.1, 0.15) is 24.1 Å². The SMILES string of the molecule is CC(NCc1cccnc1)c1cc(Cl)ccc1Cl. The summed E-state index contributed by atoms with van der Waals surface area (Å²) in [5.74, 6) is 0. The molecule has 0 fully saturated rings. The number of hydrogen-bond donors (Lipinski definition) is 1. The molecule has 0 aliphatic heterocycles. The summed E-state index contributed by atoms with van der Waals surface area (Å²) in [7, 11) is 0. The molecule has 0 radical (unpaired) electrons. The molecular weight excluding hydrogens is 267 g/mol. The lowest BCUT2D eigenvalue weighted by Crippen LogP contribution is -2.18. The molecule has 2 rings (SSSR count). The third-order valence-electron chi connectivity index (χ3n) is 2.76. The normalized spacial score (nSPS) is 12.4. The van der Waals surface area contributed by atoms with Crippen LogP contribution in [0, 0.1) is 0 Å². The lowest BCUT2D eigenvalue weighted by Gasteiger charge is -2.16. The van der Waals surface area contributed by atoms with Crippen molar-refractivity contribution in [2.45, 2.75) is 19.5 Å². The van der Waals surface area contributed by atoms with E-state index in [2.05, 4.69) is 17.2 Å². The summed E-state index contributed by atoms with van der Waals surface area (Å²) in [4.78, 5) is 4.08. The zero-order valence-electron chi connectivity index (χ0n) is 10.0. The van der Waals surface area contributed by atoms with Gasteiger partial charge in [-0.3, -0.25) is 4.98 Å². The Balaban J connectivity index is 2.03. The van der Waals surface area contributed by atoms with E-state index in [4.69, 9.17) is 23.2 Å². The Labute approximate surface area is 117 Å². The molecule has 0 saturated carbocycles. The van der Waals surface area contributed by atoms with Gasteiger partial charge in [0.15, 0.2) is 0 Å². The van der Waals surface area contributed by atoms with Crippen molar-refractivity contribution >= 4 is 23.2 Å². The molecular formula is C14H14Cl2N2. The third kappa shape index (κ3) is 3.45. The van der Waals surface area contributed by atoms with Crippen molar-refractivity contribution in [3.8, 4) is 0 Å². The molecule has 94 valence electrons. The van der Waals surface area contributed by atoms with Crippen LogP contribution in [0.15, 0.2) is 42.7 Å². The van der Waals surface area contributed by atoms with E-state index < -0.39 is 0 Å². The maximum Gasteiger partial charge on any atom is 0.0454 e. The Morgan fingerprint density at radius 2 is 2.11 bits per heavy atom. The van der Waals surface area contributed by atoms with E-state index in [0.29, 0.717) is 5.02 Å². The molecule has 2 aromatic rings. The van der Waals surface area contributed by atoms with Crippen molar-refractivity contribution in [3.05, 3.63) is 63.9 Å². The fraction of sp³-hybridized carbons (Fsp3) is 0.214. The van der Waals surface area contributed by atoms with Crippen LogP contribution in [0.3, 0.4) is 0 Å². The molecule has 0 bridgehead atoms. The Kier molecular flexibility index (Phi) is 4.59. The van der Waals surface area contributed by atoms with Crippen LogP contribution < -0.4 is 5.32 Å². The second-order valence-corrected chi connectivity index (χ2v) is 4.97. The highest BCUT2D eigenvalue weighted by molar-refractivity contribution is 6.33. The first kappa shape index (κ1) is 13.3. The van der Waals surface area contributed by atoms with Gasteiger partial charge in [-0.15, -0.1) is 0 Å². The molecule has 0 aliphatic carbocycles. The van der Waals surface area contributed by atoms with Gasteiger partial charge in [-0.05, 0) is 42.3 Å². The van der Waals surface area contributed by atoms with Crippen molar-refractivity contribution in [2.75, 3.05) is 0 Å². The van der Waals surface area contributed by atoms with E-state index in [-0.39, 0.29) is 6.04 Å². The van der Waals surface area contributed by atoms with Crippen LogP contribution in [-0.2, 0) is 6.54 Å². The number of rotatable bonds is 4. The molecule has 0 aliphatic rings. The Morgan fingerprint density at radius 3 is 2.83 bits per heavy atom. The standard InChI is InChI=1S/C14H14Cl2N2/c1-10(13-7-12(15)4-5-14(13)16)18-9-11-3-2-6-17-8-11/h2-8,10,18H,9H2,1H3. The van der Waals surface area contributed by atoms with Gasteiger partial charge in [0.1, 0.15) is 0 Å².